The van der Waals surface area contributed by atoms with E-state index in [1.54, 1.807) is 18.2 Å². The fourth-order valence-electron chi connectivity index (χ4n) is 6.18. The molecule has 2 aliphatic rings. The van der Waals surface area contributed by atoms with Crippen LogP contribution >= 0.6 is 0 Å². The molecule has 0 bridgehead atoms. The van der Waals surface area contributed by atoms with E-state index in [2.05, 4.69) is 22.2 Å². The van der Waals surface area contributed by atoms with Gasteiger partial charge in [-0.2, -0.15) is 0 Å². The zero-order valence-electron chi connectivity index (χ0n) is 31.2. The summed E-state index contributed by atoms with van der Waals surface area (Å²) in [5, 5.41) is 49.1. The quantitative estimate of drug-likeness (QED) is 0.0174. The maximum Gasteiger partial charge on any atom is 0.338 e. The van der Waals surface area contributed by atoms with E-state index in [1.165, 1.54) is 19.3 Å². The summed E-state index contributed by atoms with van der Waals surface area (Å²) < 4.78 is 17.8. The third-order valence-electron chi connectivity index (χ3n) is 9.96. The molecule has 2 heterocycles. The van der Waals surface area contributed by atoms with Gasteiger partial charge in [-0.1, -0.05) is 63.3 Å². The summed E-state index contributed by atoms with van der Waals surface area (Å²) in [7, 11) is 1.38. The molecular weight excluding hydrogens is 674 g/mol. The molecule has 0 radical (unpaired) electrons. The van der Waals surface area contributed by atoms with Crippen molar-refractivity contribution < 1.29 is 54.0 Å². The Bertz CT molecular complexity index is 1310. The van der Waals surface area contributed by atoms with Crippen molar-refractivity contribution in [3.05, 3.63) is 48.6 Å². The van der Waals surface area contributed by atoms with Gasteiger partial charge in [0.1, 0.15) is 0 Å². The fraction of sp³-hybridized carbons (Fsp3) is 0.676. The summed E-state index contributed by atoms with van der Waals surface area (Å²) in [6, 6.07) is -1.14. The van der Waals surface area contributed by atoms with Gasteiger partial charge in [0.15, 0.2) is 6.10 Å². The number of carboxylic acid groups (broad SMARTS) is 1. The first-order valence-electron chi connectivity index (χ1n) is 17.9. The van der Waals surface area contributed by atoms with Crippen molar-refractivity contribution in [1.29, 1.82) is 0 Å². The molecule has 52 heavy (non-hydrogen) atoms. The molecule has 0 aliphatic carbocycles. The van der Waals surface area contributed by atoms with E-state index in [0.29, 0.717) is 38.6 Å². The van der Waals surface area contributed by atoms with Crippen molar-refractivity contribution >= 4 is 23.7 Å². The number of carbonyl (C=O) groups excluding carboxylic acids is 3. The first-order chi connectivity index (χ1) is 24.4. The third-order valence-corrected chi connectivity index (χ3v) is 9.96. The highest BCUT2D eigenvalue weighted by atomic mass is 16.7. The van der Waals surface area contributed by atoms with E-state index in [1.807, 2.05) is 33.8 Å². The molecule has 294 valence electrons. The molecule has 2 rings (SSSR count). The van der Waals surface area contributed by atoms with Crippen molar-refractivity contribution in [2.24, 2.45) is 22.8 Å². The Hall–Kier alpha value is -3.60. The van der Waals surface area contributed by atoms with Crippen LogP contribution in [0.1, 0.15) is 79.1 Å². The number of ether oxygens (including phenoxy) is 3. The summed E-state index contributed by atoms with van der Waals surface area (Å²) >= 11 is 0. The van der Waals surface area contributed by atoms with Crippen LogP contribution in [0.15, 0.2) is 48.6 Å². The van der Waals surface area contributed by atoms with Gasteiger partial charge in [-0.15, -0.1) is 0 Å². The topological polar surface area (TPSA) is 253 Å². The SMILES string of the molecule is C=C1C[C@](OC)([C@H](O)C(=O)NC[C@@H]2C[C@H](O)C(C)(C)[C@@H](C[C@H](O)CCC/C=C/C=C/C=C/C(=O)N[C@@H](CCC[NH+]=C(N)N)C(=O)[O-])O2)O[C@H](C)[C@@H]1C. The van der Waals surface area contributed by atoms with Crippen LogP contribution in [0.5, 0.6) is 0 Å². The van der Waals surface area contributed by atoms with Crippen LogP contribution in [0.4, 0.5) is 0 Å². The highest BCUT2D eigenvalue weighted by Crippen LogP contribution is 2.40. The first-order valence-corrected chi connectivity index (χ1v) is 17.9. The zero-order chi connectivity index (χ0) is 39.1. The van der Waals surface area contributed by atoms with Crippen molar-refractivity contribution in [1.82, 2.24) is 10.6 Å². The number of guanidine groups is 1. The van der Waals surface area contributed by atoms with Gasteiger partial charge in [0.2, 0.25) is 11.7 Å². The van der Waals surface area contributed by atoms with E-state index < -0.39 is 65.5 Å². The van der Waals surface area contributed by atoms with E-state index in [0.717, 1.165) is 5.57 Å². The van der Waals surface area contributed by atoms with E-state index in [4.69, 9.17) is 25.7 Å². The maximum absolute atomic E-state index is 13.0. The van der Waals surface area contributed by atoms with Crippen molar-refractivity contribution in [2.45, 2.75) is 128 Å². The lowest BCUT2D eigenvalue weighted by molar-refractivity contribution is -0.459. The number of nitrogens with one attached hydrogen (secondary N) is 3. The number of nitrogens with two attached hydrogens (primary N) is 2. The highest BCUT2D eigenvalue weighted by Gasteiger charge is 2.50. The lowest BCUT2D eigenvalue weighted by Crippen LogP contribution is -2.78. The molecule has 15 nitrogen and oxygen atoms in total. The smallest absolute Gasteiger partial charge is 0.338 e. The Morgan fingerprint density at radius 3 is 2.46 bits per heavy atom. The summed E-state index contributed by atoms with van der Waals surface area (Å²) in [5.41, 5.74) is 10.8. The number of amides is 2. The third kappa shape index (κ3) is 13.7. The predicted octanol–water partition coefficient (Wildman–Crippen LogP) is -1.69. The van der Waals surface area contributed by atoms with Crippen LogP contribution in [-0.4, -0.2) is 108 Å². The van der Waals surface area contributed by atoms with Crippen LogP contribution in [0.2, 0.25) is 0 Å². The zero-order valence-corrected chi connectivity index (χ0v) is 31.2. The van der Waals surface area contributed by atoms with Crippen molar-refractivity contribution in [2.75, 3.05) is 20.2 Å². The summed E-state index contributed by atoms with van der Waals surface area (Å²) in [6.45, 7) is 12.1. The van der Waals surface area contributed by atoms with Gasteiger partial charge < -0.3 is 50.1 Å². The number of hydrogen-bond acceptors (Lipinski definition) is 10. The molecule has 10 N–H and O–H groups in total. The number of carboxylic acids is 1. The van der Waals surface area contributed by atoms with Crippen LogP contribution in [0.3, 0.4) is 0 Å². The molecule has 2 saturated heterocycles. The number of aliphatic hydroxyl groups excluding tert-OH is 3. The molecule has 0 aromatic heterocycles. The Morgan fingerprint density at radius 1 is 1.13 bits per heavy atom. The minimum absolute atomic E-state index is 0.0318. The average molecular weight is 736 g/mol. The van der Waals surface area contributed by atoms with Gasteiger partial charge in [0.25, 0.3) is 5.91 Å². The molecule has 9 atom stereocenters. The van der Waals surface area contributed by atoms with E-state index in [9.17, 15) is 34.8 Å². The fourth-order valence-corrected chi connectivity index (χ4v) is 6.18. The number of methoxy groups -OCH3 is 1. The number of aliphatic hydroxyl groups is 3. The number of aliphatic carboxylic acids is 1. The van der Waals surface area contributed by atoms with E-state index in [-0.39, 0.29) is 43.8 Å². The minimum atomic E-state index is -1.61. The van der Waals surface area contributed by atoms with Crippen molar-refractivity contribution in [3.63, 3.8) is 0 Å². The number of rotatable bonds is 20. The lowest BCUT2D eigenvalue weighted by Gasteiger charge is -2.47. The molecule has 2 amide bonds. The summed E-state index contributed by atoms with van der Waals surface area (Å²) in [4.78, 5) is 39.1. The van der Waals surface area contributed by atoms with Gasteiger partial charge in [-0.05, 0) is 39.0 Å². The highest BCUT2D eigenvalue weighted by molar-refractivity contribution is 5.91. The molecule has 2 fully saturated rings. The Labute approximate surface area is 307 Å². The predicted molar refractivity (Wildman–Crippen MR) is 193 cm³/mol. The minimum Gasteiger partial charge on any atom is -0.548 e. The Balaban J connectivity index is 1.78. The maximum atomic E-state index is 13.0. The van der Waals surface area contributed by atoms with Gasteiger partial charge in [-0.3, -0.25) is 26.0 Å². The second kappa shape index (κ2) is 21.2. The largest absolute Gasteiger partial charge is 0.548 e. The number of carbonyl (C=O) groups is 3. The average Bonchev–Trinajstić information content (AvgIpc) is 3.08. The monoisotopic (exact) mass is 735 g/mol. The van der Waals surface area contributed by atoms with Crippen LogP contribution in [0, 0.1) is 11.3 Å². The second-order valence-corrected chi connectivity index (χ2v) is 14.3. The number of hydrogen-bond donors (Lipinski definition) is 8. The van der Waals surface area contributed by atoms with Gasteiger partial charge in [-0.25, -0.2) is 0 Å². The molecular formula is C37H61N5O10. The first kappa shape index (κ1) is 44.6. The second-order valence-electron chi connectivity index (χ2n) is 14.3. The van der Waals surface area contributed by atoms with Gasteiger partial charge in [0, 0.05) is 50.3 Å². The molecule has 2 aliphatic heterocycles. The lowest BCUT2D eigenvalue weighted by atomic mass is 9.74. The van der Waals surface area contributed by atoms with Crippen LogP contribution in [-0.2, 0) is 28.6 Å². The van der Waals surface area contributed by atoms with Crippen LogP contribution < -0.4 is 32.2 Å². The van der Waals surface area contributed by atoms with Crippen LogP contribution in [0.25, 0.3) is 0 Å². The summed E-state index contributed by atoms with van der Waals surface area (Å²) in [5.74, 6) is -4.11. The molecule has 0 saturated carbocycles. The molecule has 0 aromatic rings. The van der Waals surface area contributed by atoms with Crippen molar-refractivity contribution in [3.8, 4) is 0 Å². The molecule has 15 heteroatoms. The standard InChI is InChI=1S/C37H61N5O10/c1-23-21-37(50-6,52-25(3)24(23)2)32(46)33(47)41-22-27-20-29(44)36(4,5)30(51-27)19-26(43)15-12-10-8-7-9-11-13-17-31(45)42-28(34(48)49)16-14-18-40-35(38)39/h7-9,11,13,17,24-30,32,43-44,46H,1,10,12,14-16,18-22H2,2-6H3,(H,41,47)(H,42,45)(H,48,49)(H4,38,39,40)/b8-7+,11-9+,17-13+/t24-,25-,26-,27+,28+,29+,30-,32-,37-/m1/s1. The Kier molecular flexibility index (Phi) is 18.2. The normalized spacial score (nSPS) is 28.1. The number of unbranched alkanes of at least 4 members (excludes halogenated alkanes) is 1. The van der Waals surface area contributed by atoms with Gasteiger partial charge in [0.05, 0.1) is 49.1 Å². The Morgan fingerprint density at radius 2 is 1.83 bits per heavy atom. The molecule has 0 spiro atoms. The summed E-state index contributed by atoms with van der Waals surface area (Å²) in [6.07, 6.45) is 8.61. The van der Waals surface area contributed by atoms with Gasteiger partial charge >= 0.3 is 5.96 Å². The molecule has 0 unspecified atom stereocenters. The molecule has 0 aromatic carbocycles. The van der Waals surface area contributed by atoms with E-state index >= 15 is 0 Å². The number of allylic oxidation sites excluding steroid dienone is 5.